The van der Waals surface area contributed by atoms with Crippen LogP contribution in [0.1, 0.15) is 24.5 Å². The molecule has 0 bridgehead atoms. The lowest BCUT2D eigenvalue weighted by atomic mass is 9.99. The van der Waals surface area contributed by atoms with Gasteiger partial charge in [0.25, 0.3) is 0 Å². The van der Waals surface area contributed by atoms with Crippen LogP contribution in [0.3, 0.4) is 0 Å². The minimum Gasteiger partial charge on any atom is -0.356 e. The highest BCUT2D eigenvalue weighted by Gasteiger charge is 2.23. The van der Waals surface area contributed by atoms with Crippen molar-refractivity contribution in [2.75, 3.05) is 33.7 Å². The molecule has 0 atom stereocenters. The van der Waals surface area contributed by atoms with E-state index in [1.165, 1.54) is 11.0 Å². The quantitative estimate of drug-likeness (QED) is 0.625. The summed E-state index contributed by atoms with van der Waals surface area (Å²) in [6, 6.07) is 3.24. The van der Waals surface area contributed by atoms with E-state index in [1.807, 2.05) is 4.90 Å². The van der Waals surface area contributed by atoms with Crippen LogP contribution in [0, 0.1) is 5.82 Å². The zero-order chi connectivity index (χ0) is 17.7. The van der Waals surface area contributed by atoms with Gasteiger partial charge in [0.05, 0.1) is 0 Å². The fraction of sp³-hybridized carbons (Fsp3) is 0.529. The summed E-state index contributed by atoms with van der Waals surface area (Å²) in [4.78, 5) is 19.8. The van der Waals surface area contributed by atoms with Gasteiger partial charge in [-0.1, -0.05) is 22.9 Å². The van der Waals surface area contributed by atoms with Gasteiger partial charge in [-0.3, -0.25) is 4.79 Å². The number of carbonyl (C=O) groups excluding carboxylic acids is 1. The van der Waals surface area contributed by atoms with Gasteiger partial charge in [0.2, 0.25) is 5.91 Å². The predicted molar refractivity (Wildman–Crippen MR) is 97.5 cm³/mol. The van der Waals surface area contributed by atoms with E-state index in [9.17, 15) is 9.18 Å². The first-order valence-corrected chi connectivity index (χ1v) is 8.92. The van der Waals surface area contributed by atoms with Crippen LogP contribution < -0.4 is 5.32 Å². The van der Waals surface area contributed by atoms with Gasteiger partial charge < -0.3 is 15.1 Å². The van der Waals surface area contributed by atoms with E-state index >= 15 is 0 Å². The molecule has 1 amide bonds. The van der Waals surface area contributed by atoms with Gasteiger partial charge in [0.15, 0.2) is 5.96 Å². The third-order valence-corrected chi connectivity index (χ3v) is 4.74. The van der Waals surface area contributed by atoms with Gasteiger partial charge in [0.1, 0.15) is 12.4 Å². The molecule has 1 aromatic carbocycles. The van der Waals surface area contributed by atoms with E-state index in [-0.39, 0.29) is 18.3 Å². The number of rotatable bonds is 4. The second-order valence-corrected chi connectivity index (χ2v) is 6.87. The number of carbonyl (C=O) groups is 1. The molecule has 1 aliphatic rings. The van der Waals surface area contributed by atoms with Crippen molar-refractivity contribution in [3.05, 3.63) is 33.5 Å². The average Bonchev–Trinajstić information content (AvgIpc) is 2.57. The summed E-state index contributed by atoms with van der Waals surface area (Å²) in [5, 5.41) is 3.27. The van der Waals surface area contributed by atoms with Crippen molar-refractivity contribution in [1.29, 1.82) is 0 Å². The van der Waals surface area contributed by atoms with Gasteiger partial charge >= 0.3 is 0 Å². The molecule has 1 aromatic rings. The Kier molecular flexibility index (Phi) is 6.60. The van der Waals surface area contributed by atoms with Crippen molar-refractivity contribution in [3.8, 4) is 0 Å². The van der Waals surface area contributed by atoms with E-state index in [4.69, 9.17) is 0 Å². The molecule has 0 radical (unpaired) electrons. The first-order chi connectivity index (χ1) is 11.4. The van der Waals surface area contributed by atoms with Crippen molar-refractivity contribution < 1.29 is 9.18 Å². The third kappa shape index (κ3) is 4.47. The molecule has 5 nitrogen and oxygen atoms in total. The molecule has 24 heavy (non-hydrogen) atoms. The first kappa shape index (κ1) is 18.7. The lowest BCUT2D eigenvalue weighted by Gasteiger charge is -2.32. The van der Waals surface area contributed by atoms with E-state index in [0.29, 0.717) is 18.1 Å². The molecule has 1 heterocycles. The summed E-state index contributed by atoms with van der Waals surface area (Å²) in [6.45, 7) is 4.10. The first-order valence-electron chi connectivity index (χ1n) is 8.13. The van der Waals surface area contributed by atoms with Crippen LogP contribution in [0.15, 0.2) is 21.6 Å². The normalized spacial score (nSPS) is 14.4. The highest BCUT2D eigenvalue weighted by Crippen LogP contribution is 2.28. The maximum Gasteiger partial charge on any atom is 0.243 e. The van der Waals surface area contributed by atoms with Crippen molar-refractivity contribution in [2.45, 2.75) is 26.3 Å². The molecule has 0 aliphatic carbocycles. The van der Waals surface area contributed by atoms with Crippen LogP contribution in [-0.4, -0.2) is 55.4 Å². The zero-order valence-corrected chi connectivity index (χ0v) is 16.0. The zero-order valence-electron chi connectivity index (χ0n) is 14.4. The minimum absolute atomic E-state index is 0.0582. The van der Waals surface area contributed by atoms with Crippen LogP contribution in [0.25, 0.3) is 0 Å². The molecule has 2 rings (SSSR count). The molecule has 0 spiro atoms. The lowest BCUT2D eigenvalue weighted by molar-refractivity contribution is -0.127. The topological polar surface area (TPSA) is 47.9 Å². The van der Waals surface area contributed by atoms with Crippen LogP contribution in [-0.2, 0) is 17.8 Å². The van der Waals surface area contributed by atoms with Crippen molar-refractivity contribution >= 4 is 27.8 Å². The van der Waals surface area contributed by atoms with Crippen molar-refractivity contribution in [2.24, 2.45) is 4.99 Å². The molecule has 0 unspecified atom stereocenters. The van der Waals surface area contributed by atoms with E-state index in [1.54, 1.807) is 20.2 Å². The summed E-state index contributed by atoms with van der Waals surface area (Å²) in [6.07, 6.45) is 1.69. The third-order valence-electron chi connectivity index (χ3n) is 3.99. The van der Waals surface area contributed by atoms with Crippen LogP contribution in [0.2, 0.25) is 0 Å². The second kappa shape index (κ2) is 8.46. The number of benzene rings is 1. The fourth-order valence-corrected chi connectivity index (χ4v) is 3.13. The Bertz CT molecular complexity index is 633. The molecule has 0 aromatic heterocycles. The summed E-state index contributed by atoms with van der Waals surface area (Å²) < 4.78 is 15.1. The maximum absolute atomic E-state index is 14.2. The van der Waals surface area contributed by atoms with Gasteiger partial charge in [-0.05, 0) is 30.5 Å². The number of fused-ring (bicyclic) bond motifs is 1. The number of nitrogens with zero attached hydrogens (tertiary/aromatic N) is 3. The van der Waals surface area contributed by atoms with Crippen LogP contribution >= 0.6 is 15.9 Å². The number of halogens is 2. The molecular formula is C17H24BrFN4O. The van der Waals surface area contributed by atoms with E-state index in [2.05, 4.69) is 33.2 Å². The van der Waals surface area contributed by atoms with Gasteiger partial charge in [-0.15, -0.1) is 0 Å². The highest BCUT2D eigenvalue weighted by atomic mass is 79.9. The van der Waals surface area contributed by atoms with E-state index in [0.717, 1.165) is 36.0 Å². The summed E-state index contributed by atoms with van der Waals surface area (Å²) >= 11 is 3.50. The Hall–Kier alpha value is -1.63. The Morgan fingerprint density at radius 3 is 2.83 bits per heavy atom. The summed E-state index contributed by atoms with van der Waals surface area (Å²) in [7, 11) is 3.42. The lowest BCUT2D eigenvalue weighted by Crippen LogP contribution is -2.45. The van der Waals surface area contributed by atoms with Crippen LogP contribution in [0.4, 0.5) is 4.39 Å². The number of likely N-dealkylation sites (N-methyl/N-ethyl adjacent to an activating group) is 1. The Labute approximate surface area is 151 Å². The molecular weight excluding hydrogens is 375 g/mol. The SMILES string of the molecule is CCCNC(=NCC(=O)N(C)C)N1CCc2c(Br)ccc(F)c2C1. The van der Waals surface area contributed by atoms with Gasteiger partial charge in [-0.2, -0.15) is 0 Å². The maximum atomic E-state index is 14.2. The Morgan fingerprint density at radius 2 is 2.17 bits per heavy atom. The molecule has 0 saturated carbocycles. The molecule has 1 aliphatic heterocycles. The number of amides is 1. The van der Waals surface area contributed by atoms with Crippen molar-refractivity contribution in [3.63, 3.8) is 0 Å². The standard InChI is InChI=1S/C17H24BrFN4O/c1-4-8-20-17(21-10-16(24)22(2)3)23-9-7-12-13(11-23)15(19)6-5-14(12)18/h5-6H,4,7-11H2,1-3H3,(H,20,21). The van der Waals surface area contributed by atoms with Crippen molar-refractivity contribution in [1.82, 2.24) is 15.1 Å². The Balaban J connectivity index is 2.20. The number of aliphatic imine (C=N–C) groups is 1. The van der Waals surface area contributed by atoms with Gasteiger partial charge in [-0.25, -0.2) is 9.38 Å². The van der Waals surface area contributed by atoms with Gasteiger partial charge in [0, 0.05) is 43.8 Å². The fourth-order valence-electron chi connectivity index (χ4n) is 2.56. The highest BCUT2D eigenvalue weighted by molar-refractivity contribution is 9.10. The molecule has 1 N–H and O–H groups in total. The molecule has 0 saturated heterocycles. The summed E-state index contributed by atoms with van der Waals surface area (Å²) in [5.74, 6) is 0.409. The molecule has 7 heteroatoms. The number of guanidine groups is 1. The smallest absolute Gasteiger partial charge is 0.243 e. The number of hydrogen-bond donors (Lipinski definition) is 1. The minimum atomic E-state index is -0.197. The Morgan fingerprint density at radius 1 is 1.42 bits per heavy atom. The predicted octanol–water partition coefficient (Wildman–Crippen LogP) is 2.39. The monoisotopic (exact) mass is 398 g/mol. The number of hydrogen-bond acceptors (Lipinski definition) is 2. The average molecular weight is 399 g/mol. The largest absolute Gasteiger partial charge is 0.356 e. The number of nitrogens with one attached hydrogen (secondary N) is 1. The summed E-state index contributed by atoms with van der Waals surface area (Å²) in [5.41, 5.74) is 1.71. The van der Waals surface area contributed by atoms with E-state index < -0.39 is 0 Å². The molecule has 132 valence electrons. The molecule has 0 fully saturated rings. The second-order valence-electron chi connectivity index (χ2n) is 6.01. The van der Waals surface area contributed by atoms with Crippen LogP contribution in [0.5, 0.6) is 0 Å².